The lowest BCUT2D eigenvalue weighted by Gasteiger charge is -2.15. The maximum atomic E-state index is 12.8. The molecule has 0 aliphatic carbocycles. The third kappa shape index (κ3) is 7.92. The van der Waals surface area contributed by atoms with Crippen molar-refractivity contribution >= 4 is 5.96 Å². The second-order valence-electron chi connectivity index (χ2n) is 6.19. The van der Waals surface area contributed by atoms with Crippen LogP contribution in [0.25, 0.3) is 0 Å². The van der Waals surface area contributed by atoms with Gasteiger partial charge in [0.05, 0.1) is 6.61 Å². The van der Waals surface area contributed by atoms with Gasteiger partial charge in [-0.25, -0.2) is 0 Å². The zero-order chi connectivity index (χ0) is 21.1. The van der Waals surface area contributed by atoms with Gasteiger partial charge >= 0.3 is 6.61 Å². The van der Waals surface area contributed by atoms with Gasteiger partial charge in [-0.15, -0.1) is 0 Å². The molecule has 160 valence electrons. The zero-order valence-corrected chi connectivity index (χ0v) is 16.9. The van der Waals surface area contributed by atoms with Gasteiger partial charge in [0.1, 0.15) is 11.5 Å². The number of aliphatic imine (C=N–C) groups is 1. The summed E-state index contributed by atoms with van der Waals surface area (Å²) in [5.41, 5.74) is 0.568. The summed E-state index contributed by atoms with van der Waals surface area (Å²) < 4.78 is 40.7. The number of aromatic nitrogens is 2. The maximum absolute atomic E-state index is 12.8. The minimum Gasteiger partial charge on any atom is -0.493 e. The van der Waals surface area contributed by atoms with E-state index in [0.717, 1.165) is 12.8 Å². The van der Waals surface area contributed by atoms with Gasteiger partial charge in [-0.05, 0) is 31.9 Å². The van der Waals surface area contributed by atoms with Gasteiger partial charge in [0.15, 0.2) is 11.8 Å². The Kier molecular flexibility index (Phi) is 9.13. The highest BCUT2D eigenvalue weighted by Crippen LogP contribution is 2.26. The van der Waals surface area contributed by atoms with E-state index in [1.807, 2.05) is 6.92 Å². The van der Waals surface area contributed by atoms with Crippen molar-refractivity contribution in [3.05, 3.63) is 35.5 Å². The topological polar surface area (TPSA) is 93.8 Å². The van der Waals surface area contributed by atoms with E-state index in [-0.39, 0.29) is 12.3 Å². The van der Waals surface area contributed by atoms with Crippen molar-refractivity contribution in [3.8, 4) is 11.5 Å². The Morgan fingerprint density at radius 2 is 2.14 bits per heavy atom. The third-order valence-corrected chi connectivity index (χ3v) is 3.83. The number of nitrogens with one attached hydrogen (secondary N) is 2. The second-order valence-corrected chi connectivity index (χ2v) is 6.19. The fourth-order valence-corrected chi connectivity index (χ4v) is 2.48. The average Bonchev–Trinajstić information content (AvgIpc) is 3.11. The van der Waals surface area contributed by atoms with E-state index in [1.54, 1.807) is 26.1 Å². The lowest BCUT2D eigenvalue weighted by molar-refractivity contribution is -0.0505. The molecule has 10 heteroatoms. The van der Waals surface area contributed by atoms with Crippen LogP contribution in [-0.2, 0) is 13.0 Å². The van der Waals surface area contributed by atoms with Crippen molar-refractivity contribution in [2.75, 3.05) is 20.2 Å². The van der Waals surface area contributed by atoms with Gasteiger partial charge in [-0.2, -0.15) is 13.8 Å². The van der Waals surface area contributed by atoms with Crippen molar-refractivity contribution in [3.63, 3.8) is 0 Å². The first-order valence-electron chi connectivity index (χ1n) is 9.46. The van der Waals surface area contributed by atoms with Crippen molar-refractivity contribution in [1.29, 1.82) is 0 Å². The number of benzene rings is 1. The van der Waals surface area contributed by atoms with Gasteiger partial charge in [0.25, 0.3) is 0 Å². The van der Waals surface area contributed by atoms with Crippen LogP contribution in [-0.4, -0.2) is 42.9 Å². The molecule has 2 rings (SSSR count). The molecule has 1 aromatic carbocycles. The van der Waals surface area contributed by atoms with Crippen LogP contribution in [0.4, 0.5) is 8.78 Å². The van der Waals surface area contributed by atoms with E-state index in [9.17, 15) is 8.78 Å². The van der Waals surface area contributed by atoms with Crippen LogP contribution in [0.1, 0.15) is 37.0 Å². The number of hydrogen-bond acceptors (Lipinski definition) is 6. The number of halogens is 2. The number of guanidine groups is 1. The molecule has 0 aliphatic heterocycles. The van der Waals surface area contributed by atoms with E-state index in [1.165, 1.54) is 6.07 Å². The number of hydrogen-bond donors (Lipinski definition) is 2. The van der Waals surface area contributed by atoms with Crippen molar-refractivity contribution < 1.29 is 22.8 Å². The number of nitrogens with zero attached hydrogens (tertiary/aromatic N) is 3. The number of ether oxygens (including phenoxy) is 2. The molecule has 0 bridgehead atoms. The van der Waals surface area contributed by atoms with Crippen molar-refractivity contribution in [1.82, 2.24) is 20.8 Å². The minimum atomic E-state index is -2.92. The van der Waals surface area contributed by atoms with Crippen LogP contribution >= 0.6 is 0 Å². The van der Waals surface area contributed by atoms with Crippen LogP contribution < -0.4 is 20.1 Å². The van der Waals surface area contributed by atoms with Crippen LogP contribution in [0.5, 0.6) is 11.5 Å². The highest BCUT2D eigenvalue weighted by Gasteiger charge is 2.12. The lowest BCUT2D eigenvalue weighted by atomic mass is 10.2. The summed E-state index contributed by atoms with van der Waals surface area (Å²) >= 11 is 0. The first-order valence-corrected chi connectivity index (χ1v) is 9.46. The van der Waals surface area contributed by atoms with E-state index in [2.05, 4.69) is 30.5 Å². The van der Waals surface area contributed by atoms with Gasteiger partial charge in [-0.1, -0.05) is 12.1 Å². The molecule has 0 amide bonds. The standard InChI is InChI=1S/C19H27F2N5O3/c1-4-10-27-15-8-7-14(16(11-15)28-18(20)21)12-24-19(22-3)23-9-5-6-17-25-13(2)26-29-17/h7-8,11,18H,4-6,9-10,12H2,1-3H3,(H2,22,23,24). The molecule has 2 aromatic rings. The molecular weight excluding hydrogens is 384 g/mol. The SMILES string of the molecule is CCCOc1ccc(CNC(=NC)NCCCc2nc(C)no2)c(OC(F)F)c1. The maximum Gasteiger partial charge on any atom is 0.387 e. The summed E-state index contributed by atoms with van der Waals surface area (Å²) in [4.78, 5) is 8.28. The highest BCUT2D eigenvalue weighted by atomic mass is 19.3. The smallest absolute Gasteiger partial charge is 0.387 e. The predicted octanol–water partition coefficient (Wildman–Crippen LogP) is 3.07. The second kappa shape index (κ2) is 11.8. The molecule has 0 aliphatic rings. The Balaban J connectivity index is 1.86. The number of aryl methyl sites for hydroxylation is 2. The molecule has 0 radical (unpaired) electrons. The largest absolute Gasteiger partial charge is 0.493 e. The molecule has 0 atom stereocenters. The van der Waals surface area contributed by atoms with Gasteiger partial charge in [0.2, 0.25) is 5.89 Å². The van der Waals surface area contributed by atoms with E-state index < -0.39 is 6.61 Å². The minimum absolute atomic E-state index is 0.0725. The molecular formula is C19H27F2N5O3. The van der Waals surface area contributed by atoms with Crippen molar-refractivity contribution in [2.24, 2.45) is 4.99 Å². The summed E-state index contributed by atoms with van der Waals surface area (Å²) in [6.45, 7) is 2.22. The molecule has 0 saturated heterocycles. The Morgan fingerprint density at radius 3 is 2.79 bits per heavy atom. The molecule has 8 nitrogen and oxygen atoms in total. The van der Waals surface area contributed by atoms with Gasteiger partial charge in [0, 0.05) is 38.2 Å². The Morgan fingerprint density at radius 1 is 1.31 bits per heavy atom. The fourth-order valence-electron chi connectivity index (χ4n) is 2.48. The normalized spacial score (nSPS) is 11.6. The summed E-state index contributed by atoms with van der Waals surface area (Å²) in [6.07, 6.45) is 2.24. The zero-order valence-electron chi connectivity index (χ0n) is 16.9. The van der Waals surface area contributed by atoms with E-state index >= 15 is 0 Å². The Labute approximate surface area is 168 Å². The first-order chi connectivity index (χ1) is 14.0. The molecule has 0 fully saturated rings. The summed E-state index contributed by atoms with van der Waals surface area (Å²) in [5, 5.41) is 9.98. The molecule has 0 unspecified atom stereocenters. The van der Waals surface area contributed by atoms with Crippen LogP contribution in [0.2, 0.25) is 0 Å². The van der Waals surface area contributed by atoms with Crippen LogP contribution in [0.3, 0.4) is 0 Å². The average molecular weight is 411 g/mol. The molecule has 2 N–H and O–H groups in total. The summed E-state index contributed by atoms with van der Waals surface area (Å²) in [5.74, 6) is 2.30. The Bertz CT molecular complexity index is 783. The van der Waals surface area contributed by atoms with Gasteiger partial charge in [-0.3, -0.25) is 4.99 Å². The summed E-state index contributed by atoms with van der Waals surface area (Å²) in [6, 6.07) is 4.90. The predicted molar refractivity (Wildman–Crippen MR) is 104 cm³/mol. The third-order valence-electron chi connectivity index (χ3n) is 3.83. The number of rotatable bonds is 11. The Hall–Kier alpha value is -2.91. The van der Waals surface area contributed by atoms with E-state index in [4.69, 9.17) is 9.26 Å². The van der Waals surface area contributed by atoms with E-state index in [0.29, 0.717) is 48.6 Å². The molecule has 0 saturated carbocycles. The number of alkyl halides is 2. The molecule has 1 heterocycles. The fraction of sp³-hybridized carbons (Fsp3) is 0.526. The lowest BCUT2D eigenvalue weighted by Crippen LogP contribution is -2.37. The highest BCUT2D eigenvalue weighted by molar-refractivity contribution is 5.79. The quantitative estimate of drug-likeness (QED) is 0.333. The van der Waals surface area contributed by atoms with Crippen LogP contribution in [0, 0.1) is 6.92 Å². The summed E-state index contributed by atoms with van der Waals surface area (Å²) in [7, 11) is 1.63. The first kappa shape index (κ1) is 22.4. The monoisotopic (exact) mass is 411 g/mol. The van der Waals surface area contributed by atoms with Gasteiger partial charge < -0.3 is 24.6 Å². The van der Waals surface area contributed by atoms with Crippen molar-refractivity contribution in [2.45, 2.75) is 46.3 Å². The molecule has 0 spiro atoms. The van der Waals surface area contributed by atoms with Crippen LogP contribution in [0.15, 0.2) is 27.7 Å². The molecule has 29 heavy (non-hydrogen) atoms. The molecule has 1 aromatic heterocycles.